The molecular weight excluding hydrogens is 442 g/mol. The standard InChI is InChI=1S/C17H14ClN3O6S2/c1-2-29(25,26)11-4-6-15-13(8-11)20-17(27-15)28-9-16(22)19-10-3-5-12(18)14(7-10)21(23)24/h3-8H,2,9H2,1H3,(H,19,22). The number of sulfone groups is 1. The minimum atomic E-state index is -3.36. The monoisotopic (exact) mass is 455 g/mol. The Morgan fingerprint density at radius 3 is 2.76 bits per heavy atom. The molecule has 0 saturated carbocycles. The molecule has 0 fully saturated rings. The molecule has 9 nitrogen and oxygen atoms in total. The Hall–Kier alpha value is -2.63. The van der Waals surface area contributed by atoms with Gasteiger partial charge in [0.25, 0.3) is 10.9 Å². The van der Waals surface area contributed by atoms with E-state index in [1.165, 1.54) is 36.4 Å². The highest BCUT2D eigenvalue weighted by molar-refractivity contribution is 7.99. The van der Waals surface area contributed by atoms with E-state index in [-0.39, 0.29) is 38.0 Å². The van der Waals surface area contributed by atoms with Crippen molar-refractivity contribution >= 4 is 61.6 Å². The van der Waals surface area contributed by atoms with Crippen LogP contribution in [0.1, 0.15) is 6.92 Å². The van der Waals surface area contributed by atoms with Crippen molar-refractivity contribution in [3.8, 4) is 0 Å². The molecule has 0 saturated heterocycles. The number of benzene rings is 2. The third-order valence-electron chi connectivity index (χ3n) is 3.83. The van der Waals surface area contributed by atoms with Gasteiger partial charge in [0.05, 0.1) is 21.3 Å². The molecule has 152 valence electrons. The molecule has 0 aliphatic rings. The molecule has 0 bridgehead atoms. The van der Waals surface area contributed by atoms with Crippen LogP contribution in [-0.2, 0) is 14.6 Å². The van der Waals surface area contributed by atoms with Crippen molar-refractivity contribution in [1.82, 2.24) is 4.98 Å². The molecule has 3 aromatic rings. The minimum absolute atomic E-state index is 0.0268. The molecule has 0 atom stereocenters. The number of nitro groups is 1. The highest BCUT2D eigenvalue weighted by Crippen LogP contribution is 2.28. The number of anilines is 1. The number of fused-ring (bicyclic) bond motifs is 1. The second-order valence-corrected chi connectivity index (χ2v) is 9.38. The Kier molecular flexibility index (Phi) is 6.10. The normalized spacial score (nSPS) is 11.5. The van der Waals surface area contributed by atoms with E-state index in [0.29, 0.717) is 11.1 Å². The summed E-state index contributed by atoms with van der Waals surface area (Å²) in [5.41, 5.74) is 0.694. The van der Waals surface area contributed by atoms with Gasteiger partial charge in [-0.1, -0.05) is 30.3 Å². The lowest BCUT2D eigenvalue weighted by molar-refractivity contribution is -0.384. The SMILES string of the molecule is CCS(=O)(=O)c1ccc2oc(SCC(=O)Nc3ccc(Cl)c([N+](=O)[O-])c3)nc2c1. The van der Waals surface area contributed by atoms with Crippen LogP contribution in [-0.4, -0.2) is 35.7 Å². The van der Waals surface area contributed by atoms with E-state index in [4.69, 9.17) is 16.0 Å². The summed E-state index contributed by atoms with van der Waals surface area (Å²) in [6.45, 7) is 1.55. The van der Waals surface area contributed by atoms with Crippen LogP contribution in [0.5, 0.6) is 0 Å². The van der Waals surface area contributed by atoms with Gasteiger partial charge in [-0.25, -0.2) is 13.4 Å². The number of nitrogens with zero attached hydrogens (tertiary/aromatic N) is 2. The van der Waals surface area contributed by atoms with Crippen LogP contribution in [0.2, 0.25) is 5.02 Å². The van der Waals surface area contributed by atoms with Crippen LogP contribution in [0.15, 0.2) is 50.9 Å². The molecule has 0 spiro atoms. The third kappa shape index (κ3) is 4.86. The second-order valence-electron chi connectivity index (χ2n) is 5.77. The number of nitrogens with one attached hydrogen (secondary N) is 1. The lowest BCUT2D eigenvalue weighted by Gasteiger charge is -2.04. The van der Waals surface area contributed by atoms with Gasteiger partial charge in [-0.05, 0) is 30.3 Å². The first-order valence-corrected chi connectivity index (χ1v) is 11.2. The Morgan fingerprint density at radius 2 is 2.07 bits per heavy atom. The van der Waals surface area contributed by atoms with Gasteiger partial charge in [-0.2, -0.15) is 0 Å². The van der Waals surface area contributed by atoms with E-state index in [1.807, 2.05) is 0 Å². The maximum atomic E-state index is 12.1. The molecule has 1 heterocycles. The molecule has 1 aromatic heterocycles. The largest absolute Gasteiger partial charge is 0.431 e. The fourth-order valence-corrected chi connectivity index (χ4v) is 4.09. The van der Waals surface area contributed by atoms with Crippen molar-refractivity contribution < 1.29 is 22.6 Å². The number of rotatable bonds is 7. The number of carbonyl (C=O) groups is 1. The summed E-state index contributed by atoms with van der Waals surface area (Å²) in [5, 5.41) is 13.6. The summed E-state index contributed by atoms with van der Waals surface area (Å²) in [5.74, 6) is -0.521. The Morgan fingerprint density at radius 1 is 1.31 bits per heavy atom. The van der Waals surface area contributed by atoms with Crippen LogP contribution in [0.25, 0.3) is 11.1 Å². The average Bonchev–Trinajstić information content (AvgIpc) is 3.10. The number of nitro benzene ring substituents is 1. The molecule has 29 heavy (non-hydrogen) atoms. The van der Waals surface area contributed by atoms with Gasteiger partial charge in [0.2, 0.25) is 5.91 Å². The maximum Gasteiger partial charge on any atom is 0.289 e. The highest BCUT2D eigenvalue weighted by Gasteiger charge is 2.17. The number of oxazole rings is 1. The lowest BCUT2D eigenvalue weighted by atomic mass is 10.3. The highest BCUT2D eigenvalue weighted by atomic mass is 35.5. The molecule has 0 aliphatic heterocycles. The van der Waals surface area contributed by atoms with Gasteiger partial charge in [-0.3, -0.25) is 14.9 Å². The van der Waals surface area contributed by atoms with Crippen molar-refractivity contribution in [2.45, 2.75) is 17.0 Å². The summed E-state index contributed by atoms with van der Waals surface area (Å²) in [7, 11) is -3.36. The predicted octanol–water partition coefficient (Wildman–Crippen LogP) is 3.91. The fraction of sp³-hybridized carbons (Fsp3) is 0.176. The summed E-state index contributed by atoms with van der Waals surface area (Å²) in [6.07, 6.45) is 0. The van der Waals surface area contributed by atoms with Crippen LogP contribution in [0.3, 0.4) is 0 Å². The number of hydrogen-bond acceptors (Lipinski definition) is 8. The summed E-state index contributed by atoms with van der Waals surface area (Å²) in [6, 6.07) is 8.33. The van der Waals surface area contributed by atoms with Crippen molar-refractivity contribution in [2.24, 2.45) is 0 Å². The Labute approximate surface area is 174 Å². The van der Waals surface area contributed by atoms with Gasteiger partial charge in [0.1, 0.15) is 10.5 Å². The number of halogens is 1. The van der Waals surface area contributed by atoms with E-state index in [2.05, 4.69) is 10.3 Å². The van der Waals surface area contributed by atoms with Gasteiger partial charge >= 0.3 is 0 Å². The quantitative estimate of drug-likeness (QED) is 0.322. The topological polar surface area (TPSA) is 132 Å². The Bertz CT molecular complexity index is 1210. The van der Waals surface area contributed by atoms with Crippen molar-refractivity contribution in [1.29, 1.82) is 0 Å². The zero-order valence-electron chi connectivity index (χ0n) is 14.9. The van der Waals surface area contributed by atoms with Crippen molar-refractivity contribution in [2.75, 3.05) is 16.8 Å². The number of carbonyl (C=O) groups excluding carboxylic acids is 1. The van der Waals surface area contributed by atoms with Crippen molar-refractivity contribution in [3.05, 3.63) is 51.5 Å². The lowest BCUT2D eigenvalue weighted by Crippen LogP contribution is -2.14. The van der Waals surface area contributed by atoms with E-state index >= 15 is 0 Å². The third-order valence-corrected chi connectivity index (χ3v) is 6.71. The van der Waals surface area contributed by atoms with Gasteiger partial charge in [0.15, 0.2) is 15.4 Å². The first kappa shape index (κ1) is 21.1. The summed E-state index contributed by atoms with van der Waals surface area (Å²) < 4.78 is 29.4. The van der Waals surface area contributed by atoms with Crippen LogP contribution < -0.4 is 5.32 Å². The van der Waals surface area contributed by atoms with Crippen LogP contribution in [0.4, 0.5) is 11.4 Å². The zero-order chi connectivity index (χ0) is 21.2. The summed E-state index contributed by atoms with van der Waals surface area (Å²) in [4.78, 5) is 26.7. The van der Waals surface area contributed by atoms with Gasteiger partial charge in [0, 0.05) is 11.8 Å². The molecule has 0 radical (unpaired) electrons. The van der Waals surface area contributed by atoms with Gasteiger partial charge < -0.3 is 9.73 Å². The molecular formula is C17H14ClN3O6S2. The number of aromatic nitrogens is 1. The first-order valence-electron chi connectivity index (χ1n) is 8.19. The van der Waals surface area contributed by atoms with Crippen LogP contribution in [0, 0.1) is 10.1 Å². The van der Waals surface area contributed by atoms with Crippen LogP contribution >= 0.6 is 23.4 Å². The fourth-order valence-electron chi connectivity index (χ4n) is 2.36. The molecule has 0 unspecified atom stereocenters. The predicted molar refractivity (Wildman–Crippen MR) is 109 cm³/mol. The molecule has 1 N–H and O–H groups in total. The average molecular weight is 456 g/mol. The van der Waals surface area contributed by atoms with E-state index < -0.39 is 20.7 Å². The molecule has 2 aromatic carbocycles. The van der Waals surface area contributed by atoms with E-state index in [9.17, 15) is 23.3 Å². The first-order chi connectivity index (χ1) is 13.7. The number of thioether (sulfide) groups is 1. The minimum Gasteiger partial charge on any atom is -0.431 e. The van der Waals surface area contributed by atoms with E-state index in [0.717, 1.165) is 11.8 Å². The number of amides is 1. The maximum absolute atomic E-state index is 12.1. The number of hydrogen-bond donors (Lipinski definition) is 1. The Balaban J connectivity index is 1.68. The smallest absolute Gasteiger partial charge is 0.289 e. The molecule has 12 heteroatoms. The molecule has 3 rings (SSSR count). The van der Waals surface area contributed by atoms with Crippen molar-refractivity contribution in [3.63, 3.8) is 0 Å². The van der Waals surface area contributed by atoms with Gasteiger partial charge in [-0.15, -0.1) is 0 Å². The summed E-state index contributed by atoms with van der Waals surface area (Å²) >= 11 is 6.75. The second kappa shape index (κ2) is 8.39. The molecule has 0 aliphatic carbocycles. The molecule has 1 amide bonds. The van der Waals surface area contributed by atoms with E-state index in [1.54, 1.807) is 6.92 Å². The zero-order valence-corrected chi connectivity index (χ0v) is 17.3.